The summed E-state index contributed by atoms with van der Waals surface area (Å²) in [7, 11) is 0. The van der Waals surface area contributed by atoms with Crippen LogP contribution in [0.5, 0.6) is 0 Å². The smallest absolute Gasteiger partial charge is 0.223 e. The van der Waals surface area contributed by atoms with E-state index in [2.05, 4.69) is 6.07 Å². The van der Waals surface area contributed by atoms with Crippen molar-refractivity contribution in [3.8, 4) is 6.07 Å². The second-order valence-corrected chi connectivity index (χ2v) is 6.30. The highest BCUT2D eigenvalue weighted by Gasteiger charge is 2.32. The second kappa shape index (κ2) is 7.43. The Hall–Kier alpha value is -2.74. The summed E-state index contributed by atoms with van der Waals surface area (Å²) in [6.07, 6.45) is 2.74. The third-order valence-electron chi connectivity index (χ3n) is 4.37. The molecule has 3 nitrogen and oxygen atoms in total. The number of aryl methyl sites for hydroxylation is 1. The highest BCUT2D eigenvalue weighted by molar-refractivity contribution is 5.77. The molecule has 25 heavy (non-hydrogen) atoms. The van der Waals surface area contributed by atoms with Crippen LogP contribution < -0.4 is 0 Å². The molecule has 2 aromatic rings. The number of amides is 1. The Morgan fingerprint density at radius 1 is 1.16 bits per heavy atom. The average molecular weight is 340 g/mol. The normalized spacial score (nSPS) is 13.3. The number of carbonyl (C=O) groups is 1. The van der Waals surface area contributed by atoms with Gasteiger partial charge in [-0.2, -0.15) is 5.26 Å². The van der Waals surface area contributed by atoms with E-state index in [0.717, 1.165) is 24.5 Å². The lowest BCUT2D eigenvalue weighted by Crippen LogP contribution is -2.33. The molecule has 2 aromatic carbocycles. The van der Waals surface area contributed by atoms with Gasteiger partial charge in [0.15, 0.2) is 0 Å². The maximum Gasteiger partial charge on any atom is 0.223 e. The molecule has 0 heterocycles. The minimum Gasteiger partial charge on any atom is -0.335 e. The summed E-state index contributed by atoms with van der Waals surface area (Å²) in [5.74, 6) is -1.27. The highest BCUT2D eigenvalue weighted by Crippen LogP contribution is 2.29. The Labute approximate surface area is 145 Å². The van der Waals surface area contributed by atoms with Gasteiger partial charge in [0.05, 0.1) is 11.6 Å². The lowest BCUT2D eigenvalue weighted by atomic mass is 10.1. The SMILES string of the molecule is N#Cc1ccc(CCC(=O)N(Cc2ccc(F)cc2F)C2CC2)cc1. The fourth-order valence-corrected chi connectivity index (χ4v) is 2.78. The third-order valence-corrected chi connectivity index (χ3v) is 4.37. The molecule has 0 atom stereocenters. The minimum atomic E-state index is -0.620. The van der Waals surface area contributed by atoms with E-state index in [9.17, 15) is 13.6 Å². The van der Waals surface area contributed by atoms with E-state index in [-0.39, 0.29) is 18.5 Å². The van der Waals surface area contributed by atoms with Crippen LogP contribution in [0.2, 0.25) is 0 Å². The van der Waals surface area contributed by atoms with Crippen LogP contribution in [0.25, 0.3) is 0 Å². The van der Waals surface area contributed by atoms with Gasteiger partial charge in [-0.15, -0.1) is 0 Å². The quantitative estimate of drug-likeness (QED) is 0.799. The largest absolute Gasteiger partial charge is 0.335 e. The van der Waals surface area contributed by atoms with Crippen LogP contribution in [0, 0.1) is 23.0 Å². The minimum absolute atomic E-state index is 0.0319. The number of hydrogen-bond acceptors (Lipinski definition) is 2. The first-order valence-electron chi connectivity index (χ1n) is 8.29. The van der Waals surface area contributed by atoms with Crippen molar-refractivity contribution < 1.29 is 13.6 Å². The van der Waals surface area contributed by atoms with E-state index in [0.29, 0.717) is 24.0 Å². The van der Waals surface area contributed by atoms with Crippen LogP contribution in [-0.4, -0.2) is 16.8 Å². The first-order valence-corrected chi connectivity index (χ1v) is 8.29. The summed E-state index contributed by atoms with van der Waals surface area (Å²) in [4.78, 5) is 14.3. The fraction of sp³-hybridized carbons (Fsp3) is 0.300. The Morgan fingerprint density at radius 3 is 2.48 bits per heavy atom. The average Bonchev–Trinajstić information content (AvgIpc) is 3.44. The summed E-state index contributed by atoms with van der Waals surface area (Å²) in [6.45, 7) is 0.170. The molecular weight excluding hydrogens is 322 g/mol. The van der Waals surface area contributed by atoms with Crippen molar-refractivity contribution in [2.24, 2.45) is 0 Å². The molecule has 128 valence electrons. The van der Waals surface area contributed by atoms with E-state index in [4.69, 9.17) is 5.26 Å². The third kappa shape index (κ3) is 4.42. The van der Waals surface area contributed by atoms with Gasteiger partial charge in [0.25, 0.3) is 0 Å². The topological polar surface area (TPSA) is 44.1 Å². The summed E-state index contributed by atoms with van der Waals surface area (Å²) in [6, 6.07) is 12.8. The summed E-state index contributed by atoms with van der Waals surface area (Å²) in [5, 5.41) is 8.80. The number of carbonyl (C=O) groups excluding carboxylic acids is 1. The summed E-state index contributed by atoms with van der Waals surface area (Å²) < 4.78 is 26.9. The predicted molar refractivity (Wildman–Crippen MR) is 89.4 cm³/mol. The molecule has 0 radical (unpaired) electrons. The van der Waals surface area contributed by atoms with Crippen LogP contribution in [-0.2, 0) is 17.8 Å². The first-order chi connectivity index (χ1) is 12.1. The summed E-state index contributed by atoms with van der Waals surface area (Å²) in [5.41, 5.74) is 1.90. The zero-order valence-corrected chi connectivity index (χ0v) is 13.7. The van der Waals surface area contributed by atoms with Crippen molar-refractivity contribution in [2.45, 2.75) is 38.3 Å². The lowest BCUT2D eigenvalue weighted by Gasteiger charge is -2.23. The van der Waals surface area contributed by atoms with Crippen LogP contribution in [0.1, 0.15) is 36.0 Å². The number of nitrogens with zero attached hydrogens (tertiary/aromatic N) is 2. The van der Waals surface area contributed by atoms with Gasteiger partial charge < -0.3 is 4.90 Å². The molecule has 0 N–H and O–H groups in total. The molecule has 1 amide bonds. The number of halogens is 2. The van der Waals surface area contributed by atoms with Crippen LogP contribution in [0.4, 0.5) is 8.78 Å². The van der Waals surface area contributed by atoms with Gasteiger partial charge in [0.2, 0.25) is 5.91 Å². The molecule has 1 aliphatic carbocycles. The molecule has 1 fully saturated rings. The van der Waals surface area contributed by atoms with Crippen molar-refractivity contribution >= 4 is 5.91 Å². The van der Waals surface area contributed by atoms with Gasteiger partial charge in [-0.3, -0.25) is 4.79 Å². The van der Waals surface area contributed by atoms with E-state index in [1.165, 1.54) is 12.1 Å². The molecule has 0 saturated heterocycles. The van der Waals surface area contributed by atoms with Gasteiger partial charge in [0.1, 0.15) is 11.6 Å². The molecule has 0 spiro atoms. The van der Waals surface area contributed by atoms with Gasteiger partial charge in [0, 0.05) is 30.6 Å². The van der Waals surface area contributed by atoms with E-state index < -0.39 is 11.6 Å². The second-order valence-electron chi connectivity index (χ2n) is 6.30. The zero-order chi connectivity index (χ0) is 17.8. The van der Waals surface area contributed by atoms with Crippen LogP contribution >= 0.6 is 0 Å². The van der Waals surface area contributed by atoms with Crippen LogP contribution in [0.3, 0.4) is 0 Å². The van der Waals surface area contributed by atoms with Gasteiger partial charge in [-0.25, -0.2) is 8.78 Å². The monoisotopic (exact) mass is 340 g/mol. The Balaban J connectivity index is 1.63. The van der Waals surface area contributed by atoms with Gasteiger partial charge >= 0.3 is 0 Å². The Morgan fingerprint density at radius 2 is 1.88 bits per heavy atom. The van der Waals surface area contributed by atoms with Crippen molar-refractivity contribution in [3.63, 3.8) is 0 Å². The lowest BCUT2D eigenvalue weighted by molar-refractivity contribution is -0.132. The maximum atomic E-state index is 13.9. The molecule has 3 rings (SSSR count). The van der Waals surface area contributed by atoms with Crippen molar-refractivity contribution in [1.29, 1.82) is 5.26 Å². The molecule has 1 aliphatic rings. The molecule has 0 unspecified atom stereocenters. The fourth-order valence-electron chi connectivity index (χ4n) is 2.78. The summed E-state index contributed by atoms with van der Waals surface area (Å²) >= 11 is 0. The Kier molecular flexibility index (Phi) is 5.08. The van der Waals surface area contributed by atoms with Crippen molar-refractivity contribution in [2.75, 3.05) is 0 Å². The number of benzene rings is 2. The van der Waals surface area contributed by atoms with Crippen LogP contribution in [0.15, 0.2) is 42.5 Å². The highest BCUT2D eigenvalue weighted by atomic mass is 19.1. The van der Waals surface area contributed by atoms with E-state index in [1.54, 1.807) is 17.0 Å². The number of rotatable bonds is 6. The van der Waals surface area contributed by atoms with Gasteiger partial charge in [-0.1, -0.05) is 18.2 Å². The number of hydrogen-bond donors (Lipinski definition) is 0. The number of nitriles is 1. The molecule has 0 aliphatic heterocycles. The van der Waals surface area contributed by atoms with E-state index >= 15 is 0 Å². The molecule has 0 aromatic heterocycles. The molecular formula is C20H18F2N2O. The van der Waals surface area contributed by atoms with E-state index in [1.807, 2.05) is 12.1 Å². The Bertz CT molecular complexity index is 807. The maximum absolute atomic E-state index is 13.9. The van der Waals surface area contributed by atoms with Crippen molar-refractivity contribution in [3.05, 3.63) is 70.8 Å². The molecule has 5 heteroatoms. The van der Waals surface area contributed by atoms with Gasteiger partial charge in [-0.05, 0) is 43.0 Å². The molecule has 0 bridgehead atoms. The van der Waals surface area contributed by atoms with Crippen molar-refractivity contribution in [1.82, 2.24) is 4.90 Å². The predicted octanol–water partition coefficient (Wildman–Crippen LogP) is 3.96. The standard InChI is InChI=1S/C20H18F2N2O/c21-17-7-6-16(19(22)11-17)13-24(18-8-9-18)20(25)10-5-14-1-3-15(12-23)4-2-14/h1-4,6-7,11,18H,5,8-10,13H2. The first kappa shape index (κ1) is 17.1. The molecule has 1 saturated carbocycles. The zero-order valence-electron chi connectivity index (χ0n) is 13.7.